The lowest BCUT2D eigenvalue weighted by molar-refractivity contribution is -0.137. The van der Waals surface area contributed by atoms with Crippen LogP contribution in [-0.4, -0.2) is 30.3 Å². The normalized spacial score (nSPS) is 10.8. The maximum Gasteiger partial charge on any atom is 0.418 e. The van der Waals surface area contributed by atoms with Crippen molar-refractivity contribution in [3.8, 4) is 0 Å². The van der Waals surface area contributed by atoms with Crippen LogP contribution in [0.25, 0.3) is 0 Å². The number of benzene rings is 2. The summed E-state index contributed by atoms with van der Waals surface area (Å²) in [5.41, 5.74) is -1.47. The van der Waals surface area contributed by atoms with E-state index < -0.39 is 47.7 Å². The minimum atomic E-state index is -4.77. The van der Waals surface area contributed by atoms with Gasteiger partial charge in [-0.05, 0) is 36.4 Å². The fraction of sp³-hybridized carbons (Fsp3) is 0.200. The zero-order chi connectivity index (χ0) is 24.1. The molecule has 0 atom stereocenters. The van der Waals surface area contributed by atoms with E-state index in [4.69, 9.17) is 16.3 Å². The summed E-state index contributed by atoms with van der Waals surface area (Å²) in [7, 11) is 0. The summed E-state index contributed by atoms with van der Waals surface area (Å²) < 4.78 is 44.2. The number of carbonyl (C=O) groups excluding carboxylic acids is 4. The van der Waals surface area contributed by atoms with E-state index in [1.807, 2.05) is 5.32 Å². The van der Waals surface area contributed by atoms with Crippen LogP contribution < -0.4 is 16.0 Å². The number of halogens is 4. The molecule has 0 unspecified atom stereocenters. The number of rotatable bonds is 6. The van der Waals surface area contributed by atoms with Crippen LogP contribution in [0.15, 0.2) is 36.4 Å². The number of hydrogen-bond donors (Lipinski definition) is 3. The Bertz CT molecular complexity index is 1040. The predicted molar refractivity (Wildman–Crippen MR) is 110 cm³/mol. The van der Waals surface area contributed by atoms with Gasteiger partial charge in [-0.15, -0.1) is 0 Å². The van der Waals surface area contributed by atoms with E-state index in [1.165, 1.54) is 32.0 Å². The summed E-state index contributed by atoms with van der Waals surface area (Å²) >= 11 is 5.58. The first-order chi connectivity index (χ1) is 14.8. The molecule has 2 aromatic carbocycles. The number of anilines is 3. The highest BCUT2D eigenvalue weighted by Gasteiger charge is 2.34. The van der Waals surface area contributed by atoms with Crippen molar-refractivity contribution >= 4 is 52.4 Å². The van der Waals surface area contributed by atoms with E-state index in [-0.39, 0.29) is 22.0 Å². The minimum Gasteiger partial charge on any atom is -0.452 e. The quantitative estimate of drug-likeness (QED) is 0.549. The Morgan fingerprint density at radius 1 is 0.906 bits per heavy atom. The average molecular weight is 472 g/mol. The van der Waals surface area contributed by atoms with Gasteiger partial charge >= 0.3 is 12.1 Å². The van der Waals surface area contributed by atoms with Crippen molar-refractivity contribution in [2.75, 3.05) is 22.6 Å². The Kier molecular flexibility index (Phi) is 7.82. The molecule has 0 bridgehead atoms. The molecule has 0 saturated heterocycles. The molecule has 0 radical (unpaired) electrons. The van der Waals surface area contributed by atoms with E-state index in [0.29, 0.717) is 6.07 Å². The van der Waals surface area contributed by atoms with Crippen LogP contribution in [-0.2, 0) is 25.3 Å². The van der Waals surface area contributed by atoms with E-state index in [0.717, 1.165) is 12.1 Å². The molecule has 12 heteroatoms. The predicted octanol–water partition coefficient (Wildman–Crippen LogP) is 4.07. The number of carbonyl (C=O) groups is 4. The number of esters is 1. The number of hydrogen-bond acceptors (Lipinski definition) is 5. The summed E-state index contributed by atoms with van der Waals surface area (Å²) in [5.74, 6) is -2.91. The van der Waals surface area contributed by atoms with Crippen molar-refractivity contribution in [3.63, 3.8) is 0 Å². The Labute approximate surface area is 185 Å². The maximum absolute atomic E-state index is 13.1. The molecule has 2 rings (SSSR count). The first-order valence-corrected chi connectivity index (χ1v) is 9.27. The summed E-state index contributed by atoms with van der Waals surface area (Å²) in [6.07, 6.45) is -4.77. The second-order valence-electron chi connectivity index (χ2n) is 6.47. The zero-order valence-corrected chi connectivity index (χ0v) is 17.5. The first-order valence-electron chi connectivity index (χ1n) is 8.89. The maximum atomic E-state index is 13.1. The van der Waals surface area contributed by atoms with Crippen molar-refractivity contribution in [3.05, 3.63) is 52.5 Å². The molecule has 0 aromatic heterocycles. The number of amides is 3. The molecular formula is C20H17ClF3N3O5. The molecule has 3 amide bonds. The van der Waals surface area contributed by atoms with Gasteiger partial charge in [-0.25, -0.2) is 4.79 Å². The SMILES string of the molecule is CC(=O)Nc1cc(NC(C)=O)cc(C(=O)OCC(=O)Nc2ccc(Cl)cc2C(F)(F)F)c1. The number of nitrogens with one attached hydrogen (secondary N) is 3. The molecule has 0 aliphatic rings. The number of ether oxygens (including phenoxy) is 1. The van der Waals surface area contributed by atoms with Crippen molar-refractivity contribution < 1.29 is 37.1 Å². The Morgan fingerprint density at radius 2 is 1.47 bits per heavy atom. The summed E-state index contributed by atoms with van der Waals surface area (Å²) in [6, 6.07) is 6.67. The fourth-order valence-corrected chi connectivity index (χ4v) is 2.73. The third-order valence-corrected chi connectivity index (χ3v) is 3.94. The standard InChI is InChI=1S/C20H17ClF3N3O5/c1-10(28)25-14-5-12(6-15(8-14)26-11(2)29)19(31)32-9-18(30)27-17-4-3-13(21)7-16(17)20(22,23)24/h3-8H,9H2,1-2H3,(H,25,28)(H,26,29)(H,27,30). The van der Waals surface area contributed by atoms with Crippen LogP contribution in [0.3, 0.4) is 0 Å². The van der Waals surface area contributed by atoms with Gasteiger partial charge in [0.05, 0.1) is 16.8 Å². The van der Waals surface area contributed by atoms with Crippen LogP contribution in [0.5, 0.6) is 0 Å². The van der Waals surface area contributed by atoms with Gasteiger partial charge in [0, 0.05) is 30.2 Å². The van der Waals surface area contributed by atoms with Crippen molar-refractivity contribution in [2.24, 2.45) is 0 Å². The zero-order valence-electron chi connectivity index (χ0n) is 16.7. The summed E-state index contributed by atoms with van der Waals surface area (Å²) in [4.78, 5) is 46.9. The minimum absolute atomic E-state index is 0.115. The summed E-state index contributed by atoms with van der Waals surface area (Å²) in [6.45, 7) is 1.58. The third-order valence-electron chi connectivity index (χ3n) is 3.70. The molecule has 0 aliphatic heterocycles. The Hall–Kier alpha value is -3.60. The first kappa shape index (κ1) is 24.7. The summed E-state index contributed by atoms with van der Waals surface area (Å²) in [5, 5.41) is 6.73. The van der Waals surface area contributed by atoms with Crippen molar-refractivity contribution in [1.29, 1.82) is 0 Å². The average Bonchev–Trinajstić information content (AvgIpc) is 2.65. The molecule has 0 spiro atoms. The van der Waals surface area contributed by atoms with Gasteiger partial charge < -0.3 is 20.7 Å². The van der Waals surface area contributed by atoms with Crippen LogP contribution in [0.1, 0.15) is 29.8 Å². The molecule has 0 saturated carbocycles. The van der Waals surface area contributed by atoms with Gasteiger partial charge in [0.2, 0.25) is 11.8 Å². The monoisotopic (exact) mass is 471 g/mol. The van der Waals surface area contributed by atoms with Crippen molar-refractivity contribution in [2.45, 2.75) is 20.0 Å². The van der Waals surface area contributed by atoms with Gasteiger partial charge in [0.15, 0.2) is 6.61 Å². The van der Waals surface area contributed by atoms with E-state index in [2.05, 4.69) is 10.6 Å². The molecule has 3 N–H and O–H groups in total. The van der Waals surface area contributed by atoms with Gasteiger partial charge in [-0.3, -0.25) is 14.4 Å². The van der Waals surface area contributed by atoms with E-state index in [9.17, 15) is 32.3 Å². The van der Waals surface area contributed by atoms with Crippen molar-refractivity contribution in [1.82, 2.24) is 0 Å². The second-order valence-corrected chi connectivity index (χ2v) is 6.91. The molecule has 8 nitrogen and oxygen atoms in total. The van der Waals surface area contributed by atoms with Gasteiger partial charge in [-0.2, -0.15) is 13.2 Å². The van der Waals surface area contributed by atoms with Gasteiger partial charge in [0.1, 0.15) is 0 Å². The topological polar surface area (TPSA) is 114 Å². The lowest BCUT2D eigenvalue weighted by atomic mass is 10.1. The van der Waals surface area contributed by atoms with Crippen LogP contribution in [0.4, 0.5) is 30.2 Å². The van der Waals surface area contributed by atoms with E-state index >= 15 is 0 Å². The molecule has 0 aliphatic carbocycles. The smallest absolute Gasteiger partial charge is 0.418 e. The lowest BCUT2D eigenvalue weighted by Gasteiger charge is -2.14. The van der Waals surface area contributed by atoms with Crippen LogP contribution in [0, 0.1) is 0 Å². The highest BCUT2D eigenvalue weighted by Crippen LogP contribution is 2.36. The molecule has 0 fully saturated rings. The van der Waals surface area contributed by atoms with Crippen LogP contribution in [0.2, 0.25) is 5.02 Å². The fourth-order valence-electron chi connectivity index (χ4n) is 2.56. The molecule has 0 heterocycles. The Balaban J connectivity index is 2.13. The van der Waals surface area contributed by atoms with Gasteiger partial charge in [0.25, 0.3) is 5.91 Å². The molecule has 170 valence electrons. The molecule has 32 heavy (non-hydrogen) atoms. The Morgan fingerprint density at radius 3 is 1.97 bits per heavy atom. The number of alkyl halides is 3. The molecule has 2 aromatic rings. The highest BCUT2D eigenvalue weighted by atomic mass is 35.5. The van der Waals surface area contributed by atoms with Crippen LogP contribution >= 0.6 is 11.6 Å². The van der Waals surface area contributed by atoms with Gasteiger partial charge in [-0.1, -0.05) is 11.6 Å². The largest absolute Gasteiger partial charge is 0.452 e. The lowest BCUT2D eigenvalue weighted by Crippen LogP contribution is -2.23. The molecular weight excluding hydrogens is 455 g/mol. The third kappa shape index (κ3) is 7.27. The van der Waals surface area contributed by atoms with E-state index in [1.54, 1.807) is 0 Å². The highest BCUT2D eigenvalue weighted by molar-refractivity contribution is 6.30. The second kappa shape index (κ2) is 10.1.